The first-order chi connectivity index (χ1) is 11.3. The number of benzene rings is 1. The van der Waals surface area contributed by atoms with Crippen molar-refractivity contribution >= 4 is 23.2 Å². The fourth-order valence-corrected chi connectivity index (χ4v) is 4.22. The highest BCUT2D eigenvalue weighted by Crippen LogP contribution is 2.44. The van der Waals surface area contributed by atoms with E-state index in [9.17, 15) is 4.79 Å². The van der Waals surface area contributed by atoms with E-state index < -0.39 is 0 Å². The number of hydrogen-bond acceptors (Lipinski definition) is 4. The molecule has 1 aromatic heterocycles. The molecule has 2 aliphatic rings. The molecule has 2 aliphatic heterocycles. The summed E-state index contributed by atoms with van der Waals surface area (Å²) in [7, 11) is 0. The quantitative estimate of drug-likeness (QED) is 0.752. The molecule has 1 aromatic carbocycles. The van der Waals surface area contributed by atoms with Crippen LogP contribution in [0.5, 0.6) is 0 Å². The Morgan fingerprint density at radius 2 is 1.96 bits per heavy atom. The molecular formula is C19H17NO2S. The van der Waals surface area contributed by atoms with Crippen LogP contribution in [0.2, 0.25) is 0 Å². The Bertz CT molecular complexity index is 775. The third-order valence-corrected chi connectivity index (χ3v) is 5.25. The summed E-state index contributed by atoms with van der Waals surface area (Å²) in [6, 6.07) is 13.9. The molecule has 0 fully saturated rings. The average molecular weight is 323 g/mol. The van der Waals surface area contributed by atoms with E-state index in [-0.39, 0.29) is 5.78 Å². The van der Waals surface area contributed by atoms with E-state index in [0.29, 0.717) is 5.76 Å². The highest BCUT2D eigenvalue weighted by atomic mass is 32.2. The molecule has 116 valence electrons. The van der Waals surface area contributed by atoms with Gasteiger partial charge in [0.15, 0.2) is 5.76 Å². The Hall–Kier alpha value is -2.20. The van der Waals surface area contributed by atoms with Gasteiger partial charge < -0.3 is 9.32 Å². The number of nitrogens with zero attached hydrogens (tertiary/aromatic N) is 1. The van der Waals surface area contributed by atoms with Crippen LogP contribution in [0.15, 0.2) is 69.2 Å². The predicted octanol–water partition coefficient (Wildman–Crippen LogP) is 4.91. The summed E-state index contributed by atoms with van der Waals surface area (Å²) < 4.78 is 5.32. The Labute approximate surface area is 139 Å². The van der Waals surface area contributed by atoms with Crippen LogP contribution in [0.1, 0.15) is 35.4 Å². The largest absolute Gasteiger partial charge is 0.461 e. The molecule has 0 aliphatic carbocycles. The number of hydrogen-bond donors (Lipinski definition) is 0. The van der Waals surface area contributed by atoms with Crippen LogP contribution in [-0.4, -0.2) is 17.2 Å². The van der Waals surface area contributed by atoms with Crippen molar-refractivity contribution in [2.45, 2.75) is 19.3 Å². The van der Waals surface area contributed by atoms with Gasteiger partial charge in [0.25, 0.3) is 0 Å². The topological polar surface area (TPSA) is 33.5 Å². The van der Waals surface area contributed by atoms with Gasteiger partial charge in [0.05, 0.1) is 17.0 Å². The van der Waals surface area contributed by atoms with E-state index in [1.165, 1.54) is 11.3 Å². The molecule has 0 amide bonds. The van der Waals surface area contributed by atoms with Gasteiger partial charge in [-0.05, 0) is 37.0 Å². The van der Waals surface area contributed by atoms with Crippen LogP contribution in [0.4, 0.5) is 0 Å². The minimum Gasteiger partial charge on any atom is -0.461 e. The molecule has 0 N–H and O–H groups in total. The van der Waals surface area contributed by atoms with Crippen LogP contribution in [0.3, 0.4) is 0 Å². The molecule has 0 radical (unpaired) electrons. The maximum Gasteiger partial charge on any atom is 0.226 e. The number of carbonyl (C=O) groups excluding carboxylic acids is 1. The zero-order chi connectivity index (χ0) is 15.6. The third-order valence-electron chi connectivity index (χ3n) is 4.22. The molecule has 0 saturated carbocycles. The summed E-state index contributed by atoms with van der Waals surface area (Å²) in [6.45, 7) is 0.956. The second kappa shape index (κ2) is 6.13. The number of rotatable bonds is 3. The fourth-order valence-electron chi connectivity index (χ4n) is 3.08. The Morgan fingerprint density at radius 1 is 1.09 bits per heavy atom. The standard InChI is InChI=1S/C19H17NO2S/c21-18(17-10-6-12-22-17)15-9-4-5-11-20-16(13-23-19(15)20)14-7-2-1-3-8-14/h1-3,6-8,10,12-13H,4-5,9,11H2. The summed E-state index contributed by atoms with van der Waals surface area (Å²) >= 11 is 1.66. The molecule has 3 nitrogen and oxygen atoms in total. The lowest BCUT2D eigenvalue weighted by atomic mass is 10.0. The molecule has 0 atom stereocenters. The van der Waals surface area contributed by atoms with Gasteiger partial charge in [0.2, 0.25) is 5.78 Å². The van der Waals surface area contributed by atoms with Crippen molar-refractivity contribution in [2.24, 2.45) is 0 Å². The Kier molecular flexibility index (Phi) is 3.83. The van der Waals surface area contributed by atoms with Crippen molar-refractivity contribution in [3.63, 3.8) is 0 Å². The van der Waals surface area contributed by atoms with Gasteiger partial charge in [-0.25, -0.2) is 0 Å². The van der Waals surface area contributed by atoms with E-state index in [4.69, 9.17) is 4.42 Å². The first-order valence-corrected chi connectivity index (χ1v) is 8.74. The van der Waals surface area contributed by atoms with Gasteiger partial charge in [0, 0.05) is 17.5 Å². The van der Waals surface area contributed by atoms with Gasteiger partial charge in [0.1, 0.15) is 0 Å². The summed E-state index contributed by atoms with van der Waals surface area (Å²) in [6.07, 6.45) is 4.49. The zero-order valence-corrected chi connectivity index (χ0v) is 13.5. The number of carbonyl (C=O) groups is 1. The molecular weight excluding hydrogens is 306 g/mol. The summed E-state index contributed by atoms with van der Waals surface area (Å²) in [4.78, 5) is 15.1. The summed E-state index contributed by atoms with van der Waals surface area (Å²) in [5.74, 6) is 0.454. The number of Topliss-reactive ketones (excluding diaryl/α,β-unsaturated/α-hetero) is 1. The second-order valence-corrected chi connectivity index (χ2v) is 6.54. The van der Waals surface area contributed by atoms with E-state index in [2.05, 4.69) is 34.6 Å². The molecule has 0 saturated heterocycles. The van der Waals surface area contributed by atoms with Crippen LogP contribution < -0.4 is 0 Å². The number of furan rings is 1. The smallest absolute Gasteiger partial charge is 0.226 e. The van der Waals surface area contributed by atoms with Gasteiger partial charge >= 0.3 is 0 Å². The Morgan fingerprint density at radius 3 is 2.74 bits per heavy atom. The molecule has 0 unspecified atom stereocenters. The molecule has 23 heavy (non-hydrogen) atoms. The maximum atomic E-state index is 12.8. The lowest BCUT2D eigenvalue weighted by molar-refractivity contribution is 0.0999. The van der Waals surface area contributed by atoms with Crippen molar-refractivity contribution in [3.05, 3.63) is 76.1 Å². The first kappa shape index (κ1) is 14.4. The molecule has 4 rings (SSSR count). The van der Waals surface area contributed by atoms with E-state index >= 15 is 0 Å². The van der Waals surface area contributed by atoms with Crippen LogP contribution in [0.25, 0.3) is 5.70 Å². The van der Waals surface area contributed by atoms with Crippen molar-refractivity contribution in [1.82, 2.24) is 4.90 Å². The van der Waals surface area contributed by atoms with Gasteiger partial charge in [-0.3, -0.25) is 4.79 Å². The van der Waals surface area contributed by atoms with Crippen molar-refractivity contribution in [1.29, 1.82) is 0 Å². The zero-order valence-electron chi connectivity index (χ0n) is 12.7. The SMILES string of the molecule is O=C(C1=C2SC=C(c3ccccc3)N2CCCC1)c1ccco1. The average Bonchev–Trinajstić information content (AvgIpc) is 3.22. The van der Waals surface area contributed by atoms with Crippen molar-refractivity contribution in [2.75, 3.05) is 6.54 Å². The summed E-state index contributed by atoms with van der Waals surface area (Å²) in [5, 5.41) is 3.23. The lowest BCUT2D eigenvalue weighted by Crippen LogP contribution is -2.19. The van der Waals surface area contributed by atoms with E-state index in [1.807, 2.05) is 6.07 Å². The molecule has 3 heterocycles. The highest BCUT2D eigenvalue weighted by molar-refractivity contribution is 8.06. The number of ketones is 1. The number of fused-ring (bicyclic) bond motifs is 1. The van der Waals surface area contributed by atoms with Crippen molar-refractivity contribution < 1.29 is 9.21 Å². The summed E-state index contributed by atoms with van der Waals surface area (Å²) in [5.41, 5.74) is 3.27. The molecule has 0 bridgehead atoms. The molecule has 0 spiro atoms. The Balaban J connectivity index is 1.72. The minimum absolute atomic E-state index is 0.0205. The van der Waals surface area contributed by atoms with Gasteiger partial charge in [-0.1, -0.05) is 42.1 Å². The number of allylic oxidation sites excluding steroid dienone is 1. The molecule has 2 aromatic rings. The van der Waals surface area contributed by atoms with Crippen LogP contribution >= 0.6 is 11.8 Å². The monoisotopic (exact) mass is 323 g/mol. The second-order valence-electron chi connectivity index (χ2n) is 5.69. The lowest BCUT2D eigenvalue weighted by Gasteiger charge is -2.23. The predicted molar refractivity (Wildman–Crippen MR) is 92.6 cm³/mol. The van der Waals surface area contributed by atoms with E-state index in [0.717, 1.165) is 36.4 Å². The first-order valence-electron chi connectivity index (χ1n) is 7.86. The minimum atomic E-state index is 0.0205. The van der Waals surface area contributed by atoms with Crippen LogP contribution in [0, 0.1) is 0 Å². The fraction of sp³-hybridized carbons (Fsp3) is 0.211. The van der Waals surface area contributed by atoms with Gasteiger partial charge in [-0.15, -0.1) is 0 Å². The van der Waals surface area contributed by atoms with Crippen molar-refractivity contribution in [3.8, 4) is 0 Å². The third kappa shape index (κ3) is 2.63. The maximum absolute atomic E-state index is 12.8. The highest BCUT2D eigenvalue weighted by Gasteiger charge is 2.30. The molecule has 4 heteroatoms. The van der Waals surface area contributed by atoms with E-state index in [1.54, 1.807) is 30.2 Å². The number of thioether (sulfide) groups is 1. The van der Waals surface area contributed by atoms with Gasteiger partial charge in [-0.2, -0.15) is 0 Å². The van der Waals surface area contributed by atoms with Crippen LogP contribution in [-0.2, 0) is 0 Å². The normalized spacial score (nSPS) is 17.7.